The summed E-state index contributed by atoms with van der Waals surface area (Å²) in [6.45, 7) is 8.20. The number of carbonyl (C=O) groups excluding carboxylic acids is 1. The fourth-order valence-corrected chi connectivity index (χ4v) is 4.55. The molecule has 2 N–H and O–H groups in total. The number of esters is 1. The molecule has 0 aliphatic carbocycles. The molecule has 1 aliphatic heterocycles. The van der Waals surface area contributed by atoms with Crippen molar-refractivity contribution in [1.82, 2.24) is 9.97 Å². The van der Waals surface area contributed by atoms with Gasteiger partial charge < -0.3 is 15.0 Å². The number of fused-ring (bicyclic) bond motifs is 1. The van der Waals surface area contributed by atoms with Gasteiger partial charge in [-0.05, 0) is 30.4 Å². The number of unbranched alkanes of at least 4 members (excludes halogenated alkanes) is 1. The van der Waals surface area contributed by atoms with Crippen molar-refractivity contribution in [1.29, 1.82) is 0 Å². The summed E-state index contributed by atoms with van der Waals surface area (Å²) in [7, 11) is 1.35. The molecule has 0 saturated carbocycles. The van der Waals surface area contributed by atoms with Gasteiger partial charge in [0.25, 0.3) is 5.56 Å². The van der Waals surface area contributed by atoms with Crippen LogP contribution in [-0.4, -0.2) is 28.8 Å². The molecule has 0 bridgehead atoms. The Labute approximate surface area is 181 Å². The summed E-state index contributed by atoms with van der Waals surface area (Å²) in [5.41, 5.74) is 3.34. The zero-order valence-corrected chi connectivity index (χ0v) is 19.0. The number of carbonyl (C=O) groups is 1. The molecule has 6 nitrogen and oxygen atoms in total. The molecule has 7 heteroatoms. The smallest absolute Gasteiger partial charge is 0.336 e. The van der Waals surface area contributed by atoms with E-state index < -0.39 is 11.9 Å². The summed E-state index contributed by atoms with van der Waals surface area (Å²) in [5, 5.41) is 3.75. The number of benzene rings is 1. The number of aromatic amines is 1. The van der Waals surface area contributed by atoms with Gasteiger partial charge in [0.1, 0.15) is 5.82 Å². The van der Waals surface area contributed by atoms with Gasteiger partial charge in [0.05, 0.1) is 24.2 Å². The highest BCUT2D eigenvalue weighted by atomic mass is 32.2. The average molecular weight is 428 g/mol. The first-order valence-corrected chi connectivity index (χ1v) is 11.3. The van der Waals surface area contributed by atoms with E-state index in [0.29, 0.717) is 33.7 Å². The molecule has 0 saturated heterocycles. The Hall–Kier alpha value is -2.54. The lowest BCUT2D eigenvalue weighted by Crippen LogP contribution is -2.31. The molecule has 1 aromatic carbocycles. The Morgan fingerprint density at radius 1 is 1.27 bits per heavy atom. The molecule has 2 heterocycles. The monoisotopic (exact) mass is 427 g/mol. The van der Waals surface area contributed by atoms with Crippen LogP contribution in [-0.2, 0) is 9.53 Å². The SMILES string of the molecule is CCCCSc1nc2c(c(=O)[nH]1)[C@@H](c1ccc(C(C)C)cc1)C(C(=O)OC)=C(C)N2. The molecule has 0 spiro atoms. The third-order valence-electron chi connectivity index (χ3n) is 5.30. The van der Waals surface area contributed by atoms with Crippen molar-refractivity contribution in [3.05, 3.63) is 62.6 Å². The molecule has 2 aromatic rings. The molecule has 1 atom stereocenters. The predicted octanol–water partition coefficient (Wildman–Crippen LogP) is 4.79. The van der Waals surface area contributed by atoms with Crippen LogP contribution < -0.4 is 10.9 Å². The standard InChI is InChI=1S/C23H29N3O3S/c1-6-7-12-30-23-25-20-19(21(27)26-23)18(17(14(4)24-20)22(28)29-5)16-10-8-15(9-11-16)13(2)3/h8-11,13,18H,6-7,12H2,1-5H3,(H2,24,25,26,27)/t18-/m0/s1. The number of ether oxygens (including phenoxy) is 1. The molecule has 0 amide bonds. The largest absolute Gasteiger partial charge is 0.466 e. The van der Waals surface area contributed by atoms with Gasteiger partial charge in [0.2, 0.25) is 0 Å². The highest BCUT2D eigenvalue weighted by molar-refractivity contribution is 7.99. The number of thioether (sulfide) groups is 1. The Morgan fingerprint density at radius 2 is 1.97 bits per heavy atom. The zero-order chi connectivity index (χ0) is 21.8. The third kappa shape index (κ3) is 4.46. The minimum Gasteiger partial charge on any atom is -0.466 e. The topological polar surface area (TPSA) is 84.1 Å². The number of hydrogen-bond donors (Lipinski definition) is 2. The van der Waals surface area contributed by atoms with Gasteiger partial charge in [-0.1, -0.05) is 63.2 Å². The fraction of sp³-hybridized carbons (Fsp3) is 0.435. The Morgan fingerprint density at radius 3 is 2.57 bits per heavy atom. The molecular weight excluding hydrogens is 398 g/mol. The molecular formula is C23H29N3O3S. The predicted molar refractivity (Wildman–Crippen MR) is 121 cm³/mol. The Kier molecular flexibility index (Phi) is 7.02. The number of hydrogen-bond acceptors (Lipinski definition) is 6. The third-order valence-corrected chi connectivity index (χ3v) is 6.26. The number of nitrogens with zero attached hydrogens (tertiary/aromatic N) is 1. The summed E-state index contributed by atoms with van der Waals surface area (Å²) in [5.74, 6) is 0.788. The average Bonchev–Trinajstić information content (AvgIpc) is 2.72. The van der Waals surface area contributed by atoms with E-state index >= 15 is 0 Å². The van der Waals surface area contributed by atoms with Gasteiger partial charge in [-0.2, -0.15) is 0 Å². The van der Waals surface area contributed by atoms with Crippen LogP contribution >= 0.6 is 11.8 Å². The van der Waals surface area contributed by atoms with Gasteiger partial charge in [-0.15, -0.1) is 0 Å². The molecule has 0 fully saturated rings. The molecule has 0 radical (unpaired) electrons. The van der Waals surface area contributed by atoms with E-state index in [1.54, 1.807) is 0 Å². The maximum absolute atomic E-state index is 13.1. The van der Waals surface area contributed by atoms with E-state index in [4.69, 9.17) is 4.74 Å². The van der Waals surface area contributed by atoms with E-state index in [-0.39, 0.29) is 5.56 Å². The minimum absolute atomic E-state index is 0.238. The van der Waals surface area contributed by atoms with E-state index in [0.717, 1.165) is 24.2 Å². The van der Waals surface area contributed by atoms with Crippen LogP contribution in [0.15, 0.2) is 45.5 Å². The van der Waals surface area contributed by atoms with Gasteiger partial charge in [0.15, 0.2) is 5.16 Å². The molecule has 3 rings (SSSR count). The number of nitrogens with one attached hydrogen (secondary N) is 2. The summed E-state index contributed by atoms with van der Waals surface area (Å²) < 4.78 is 5.04. The lowest BCUT2D eigenvalue weighted by atomic mass is 9.82. The minimum atomic E-state index is -0.541. The van der Waals surface area contributed by atoms with Crippen molar-refractivity contribution in [3.8, 4) is 0 Å². The molecule has 30 heavy (non-hydrogen) atoms. The lowest BCUT2D eigenvalue weighted by molar-refractivity contribution is -0.136. The van der Waals surface area contributed by atoms with Crippen LogP contribution in [0.3, 0.4) is 0 Å². The molecule has 1 aromatic heterocycles. The fourth-order valence-electron chi connectivity index (χ4n) is 3.60. The van der Waals surface area contributed by atoms with Crippen molar-refractivity contribution in [2.24, 2.45) is 0 Å². The summed E-state index contributed by atoms with van der Waals surface area (Å²) in [6.07, 6.45) is 2.13. The van der Waals surface area contributed by atoms with Crippen LogP contribution in [0.2, 0.25) is 0 Å². The quantitative estimate of drug-likeness (QED) is 0.286. The number of methoxy groups -OCH3 is 1. The molecule has 160 valence electrons. The second kappa shape index (κ2) is 9.51. The van der Waals surface area contributed by atoms with E-state index in [1.807, 2.05) is 31.2 Å². The first kappa shape index (κ1) is 22.2. The molecule has 1 aliphatic rings. The second-order valence-electron chi connectivity index (χ2n) is 7.75. The number of anilines is 1. The van der Waals surface area contributed by atoms with Crippen LogP contribution in [0.4, 0.5) is 5.82 Å². The van der Waals surface area contributed by atoms with Gasteiger partial charge in [0, 0.05) is 11.4 Å². The van der Waals surface area contributed by atoms with E-state index in [9.17, 15) is 9.59 Å². The van der Waals surface area contributed by atoms with Gasteiger partial charge in [-0.3, -0.25) is 4.79 Å². The van der Waals surface area contributed by atoms with Crippen LogP contribution in [0.1, 0.15) is 69.1 Å². The first-order chi connectivity index (χ1) is 14.4. The maximum Gasteiger partial charge on any atom is 0.336 e. The van der Waals surface area contributed by atoms with Crippen molar-refractivity contribution in [2.75, 3.05) is 18.2 Å². The Bertz CT molecular complexity index is 1010. The molecule has 0 unspecified atom stereocenters. The maximum atomic E-state index is 13.1. The lowest BCUT2D eigenvalue weighted by Gasteiger charge is -2.28. The number of aromatic nitrogens is 2. The zero-order valence-electron chi connectivity index (χ0n) is 18.2. The van der Waals surface area contributed by atoms with Gasteiger partial charge in [-0.25, -0.2) is 9.78 Å². The Balaban J connectivity index is 2.12. The van der Waals surface area contributed by atoms with E-state index in [1.165, 1.54) is 24.4 Å². The second-order valence-corrected chi connectivity index (χ2v) is 8.83. The van der Waals surface area contributed by atoms with Crippen LogP contribution in [0.25, 0.3) is 0 Å². The van der Waals surface area contributed by atoms with Crippen LogP contribution in [0, 0.1) is 0 Å². The summed E-state index contributed by atoms with van der Waals surface area (Å²) in [6, 6.07) is 8.05. The van der Waals surface area contributed by atoms with Crippen LogP contribution in [0.5, 0.6) is 0 Å². The number of allylic oxidation sites excluding steroid dienone is 1. The first-order valence-electron chi connectivity index (χ1n) is 10.3. The highest BCUT2D eigenvalue weighted by Gasteiger charge is 2.36. The van der Waals surface area contributed by atoms with Crippen molar-refractivity contribution >= 4 is 23.5 Å². The van der Waals surface area contributed by atoms with Crippen molar-refractivity contribution in [3.63, 3.8) is 0 Å². The van der Waals surface area contributed by atoms with E-state index in [2.05, 4.69) is 36.1 Å². The van der Waals surface area contributed by atoms with Crippen molar-refractivity contribution < 1.29 is 9.53 Å². The highest BCUT2D eigenvalue weighted by Crippen LogP contribution is 2.40. The van der Waals surface area contributed by atoms with Gasteiger partial charge >= 0.3 is 5.97 Å². The number of rotatable bonds is 7. The normalized spacial score (nSPS) is 15.7. The van der Waals surface area contributed by atoms with Crippen molar-refractivity contribution in [2.45, 2.75) is 57.5 Å². The summed E-state index contributed by atoms with van der Waals surface area (Å²) in [4.78, 5) is 33.3. The number of H-pyrrole nitrogens is 1. The summed E-state index contributed by atoms with van der Waals surface area (Å²) >= 11 is 1.53.